The van der Waals surface area contributed by atoms with Gasteiger partial charge in [-0.1, -0.05) is 117 Å². The molecule has 0 heterocycles. The van der Waals surface area contributed by atoms with Crippen molar-refractivity contribution in [3.05, 3.63) is 11.6 Å². The molecule has 15 fully saturated rings. The number of alkyl halides is 3. The molecule has 0 amide bonds. The first kappa shape index (κ1) is 68.6. The number of rotatable bonds is 0. The molecule has 0 radical (unpaired) electrons. The Labute approximate surface area is 560 Å². The Hall–Kier alpha value is -1.91. The van der Waals surface area contributed by atoms with Crippen LogP contribution in [0.3, 0.4) is 0 Å². The third-order valence-electron chi connectivity index (χ3n) is 35.1. The highest BCUT2D eigenvalue weighted by Gasteiger charge is 2.68. The van der Waals surface area contributed by atoms with Gasteiger partial charge >= 0.3 is 0 Å². The summed E-state index contributed by atoms with van der Waals surface area (Å²) in [6.07, 6.45) is 44.6. The lowest BCUT2D eigenvalue weighted by molar-refractivity contribution is -0.140. The minimum Gasteiger partial charge on any atom is -0.377 e. The summed E-state index contributed by atoms with van der Waals surface area (Å²) in [5.74, 6) is 31.4. The highest BCUT2D eigenvalue weighted by atomic mass is 19.1. The topological polar surface area (TPSA) is 60.7 Å². The van der Waals surface area contributed by atoms with Crippen LogP contribution < -0.4 is 0 Å². The van der Waals surface area contributed by atoms with Crippen molar-refractivity contribution in [3.63, 3.8) is 0 Å². The van der Waals surface area contributed by atoms with E-state index in [1.807, 2.05) is 20.8 Å². The SMILES string of the molecule is CC#C[C@]1(O)CCC2C3CC[C@H]4CCCC[C@@H]4C3CC[C@@]21C.CC#C[C@]1(O)CCC2C3CC[C@H]4CCCC[C@]4(C)C3CC[C@@]21C.CC#C[C@]1(O)CCC2C3CC[C@H]4C[C@@H](F)CC[C@]4(C)C3CC[C@@]21C.C[C@@H]1CCC2C3CC=C4C[C@@H](F)CC[C@]4(C)C3CC[C@]2(C)[C@H]1F. The molecule has 3 nitrogen and oxygen atoms in total. The van der Waals surface area contributed by atoms with Gasteiger partial charge in [-0.3, -0.25) is 0 Å². The maximum Gasteiger partial charge on any atom is 0.131 e. The van der Waals surface area contributed by atoms with Gasteiger partial charge in [-0.25, -0.2) is 13.2 Å². The predicted molar refractivity (Wildman–Crippen MR) is 371 cm³/mol. The molecule has 16 aliphatic rings. The Balaban J connectivity index is 0.000000112. The van der Waals surface area contributed by atoms with E-state index in [1.165, 1.54) is 147 Å². The van der Waals surface area contributed by atoms with E-state index in [4.69, 9.17) is 0 Å². The molecule has 0 aliphatic heterocycles. The Morgan fingerprint density at radius 1 is 0.380 bits per heavy atom. The monoisotopic (exact) mass is 1270 g/mol. The van der Waals surface area contributed by atoms with E-state index in [0.717, 1.165) is 143 Å². The fourth-order valence-electron chi connectivity index (χ4n) is 29.7. The number of fused-ring (bicyclic) bond motifs is 20. The summed E-state index contributed by atoms with van der Waals surface area (Å²) in [5.41, 5.74) is 0.241. The Morgan fingerprint density at radius 2 is 0.870 bits per heavy atom. The molecule has 3 N–H and O–H groups in total. The van der Waals surface area contributed by atoms with E-state index in [1.54, 1.807) is 0 Å². The summed E-state index contributed by atoms with van der Waals surface area (Å²) >= 11 is 0. The molecule has 0 aromatic carbocycles. The smallest absolute Gasteiger partial charge is 0.131 e. The molecule has 0 bridgehead atoms. The van der Waals surface area contributed by atoms with Crippen LogP contribution in [-0.4, -0.2) is 50.6 Å². The van der Waals surface area contributed by atoms with Crippen LogP contribution >= 0.6 is 0 Å². The van der Waals surface area contributed by atoms with Crippen LogP contribution in [0.4, 0.5) is 13.2 Å². The van der Waals surface area contributed by atoms with Crippen LogP contribution in [0.1, 0.15) is 314 Å². The fraction of sp³-hybridized carbons (Fsp3) is 0.907. The summed E-state index contributed by atoms with van der Waals surface area (Å²) in [4.78, 5) is 0. The lowest BCUT2D eigenvalue weighted by atomic mass is 9.44. The second kappa shape index (κ2) is 25.4. The molecule has 15 saturated carbocycles. The van der Waals surface area contributed by atoms with Crippen molar-refractivity contribution >= 4 is 0 Å². The first-order chi connectivity index (χ1) is 43.7. The van der Waals surface area contributed by atoms with Crippen LogP contribution in [0.15, 0.2) is 11.6 Å². The van der Waals surface area contributed by atoms with E-state index in [2.05, 4.69) is 97.0 Å². The zero-order chi connectivity index (χ0) is 65.2. The highest BCUT2D eigenvalue weighted by molar-refractivity contribution is 5.29. The summed E-state index contributed by atoms with van der Waals surface area (Å²) in [6, 6.07) is 0. The van der Waals surface area contributed by atoms with Gasteiger partial charge in [0.1, 0.15) is 35.3 Å². The van der Waals surface area contributed by atoms with Crippen LogP contribution in [0.5, 0.6) is 0 Å². The normalized spacial score (nSPS) is 55.4. The number of hydrogen-bond donors (Lipinski definition) is 3. The van der Waals surface area contributed by atoms with Crippen LogP contribution in [0.2, 0.25) is 0 Å². The largest absolute Gasteiger partial charge is 0.377 e. The van der Waals surface area contributed by atoms with Crippen LogP contribution in [-0.2, 0) is 0 Å². The Bertz CT molecular complexity index is 2900. The Morgan fingerprint density at radius 3 is 1.48 bits per heavy atom. The van der Waals surface area contributed by atoms with Gasteiger partial charge in [0.2, 0.25) is 0 Å². The van der Waals surface area contributed by atoms with Crippen molar-refractivity contribution < 1.29 is 28.5 Å². The molecule has 92 heavy (non-hydrogen) atoms. The molecule has 514 valence electrons. The maximum atomic E-state index is 15.1. The van der Waals surface area contributed by atoms with E-state index < -0.39 is 35.3 Å². The third kappa shape index (κ3) is 10.8. The van der Waals surface area contributed by atoms with Crippen molar-refractivity contribution in [3.8, 4) is 35.5 Å². The van der Waals surface area contributed by atoms with Gasteiger partial charge in [0.05, 0.1) is 0 Å². The minimum absolute atomic E-state index is 0.0367. The second-order valence-electron chi connectivity index (χ2n) is 37.9. The van der Waals surface area contributed by atoms with E-state index in [0.29, 0.717) is 58.7 Å². The van der Waals surface area contributed by atoms with Crippen molar-refractivity contribution in [2.24, 2.45) is 139 Å². The first-order valence-corrected chi connectivity index (χ1v) is 39.8. The molecule has 16 aliphatic carbocycles. The second-order valence-corrected chi connectivity index (χ2v) is 37.9. The van der Waals surface area contributed by atoms with E-state index in [-0.39, 0.29) is 33.0 Å². The summed E-state index contributed by atoms with van der Waals surface area (Å²) in [6.45, 7) is 24.5. The molecular formula is C86H131F3O3. The van der Waals surface area contributed by atoms with Gasteiger partial charge in [0.15, 0.2) is 0 Å². The fourth-order valence-corrected chi connectivity index (χ4v) is 29.7. The van der Waals surface area contributed by atoms with Gasteiger partial charge in [-0.2, -0.15) is 0 Å². The van der Waals surface area contributed by atoms with Gasteiger partial charge in [0, 0.05) is 28.1 Å². The number of aliphatic hydroxyl groups is 3. The molecule has 0 spiro atoms. The van der Waals surface area contributed by atoms with Crippen LogP contribution in [0, 0.1) is 174 Å². The molecule has 16 rings (SSSR count). The molecule has 0 aromatic heterocycles. The Kier molecular flexibility index (Phi) is 18.9. The molecule has 0 aromatic rings. The number of halogens is 3. The van der Waals surface area contributed by atoms with Crippen molar-refractivity contribution in [2.75, 3.05) is 0 Å². The maximum absolute atomic E-state index is 15.1. The summed E-state index contributed by atoms with van der Waals surface area (Å²) in [7, 11) is 0. The number of allylic oxidation sites excluding steroid dienone is 2. The average Bonchev–Trinajstić information content (AvgIpc) is 1.53. The summed E-state index contributed by atoms with van der Waals surface area (Å²) < 4.78 is 42.9. The molecule has 0 saturated heterocycles. The molecule has 12 unspecified atom stereocenters. The zero-order valence-corrected chi connectivity index (χ0v) is 60.3. The molecule has 6 heteroatoms. The predicted octanol–water partition coefficient (Wildman–Crippen LogP) is 21.3. The summed E-state index contributed by atoms with van der Waals surface area (Å²) in [5, 5.41) is 33.7. The minimum atomic E-state index is -0.786. The molecule has 30 atom stereocenters. The van der Waals surface area contributed by atoms with Crippen LogP contribution in [0.25, 0.3) is 0 Å². The van der Waals surface area contributed by atoms with Gasteiger partial charge in [-0.15, -0.1) is 17.8 Å². The zero-order valence-electron chi connectivity index (χ0n) is 60.3. The lowest BCUT2D eigenvalue weighted by Gasteiger charge is -2.61. The first-order valence-electron chi connectivity index (χ1n) is 39.8. The average molecular weight is 1270 g/mol. The van der Waals surface area contributed by atoms with Crippen molar-refractivity contribution in [1.82, 2.24) is 0 Å². The highest BCUT2D eigenvalue weighted by Crippen LogP contribution is 2.72. The van der Waals surface area contributed by atoms with Crippen molar-refractivity contribution in [1.29, 1.82) is 0 Å². The standard InChI is InChI=1S/C22H33FO.C22H34O.C21H32F2.C21H32O/c1-4-10-22(24)13-9-19-17-6-5-15-14-16(23)7-11-20(15,2)18(17)8-12-21(19,22)3;1-4-12-22(23)15-11-19-17-9-8-16-7-5-6-13-20(16,2)18(17)10-14-21(19,22)3;1-13-4-7-17-16-6-5-14-12-15(22)8-10-20(14,2)18(16)9-11-21(17,3)19(13)23;1-3-12-21(22)14-11-19-18-9-8-15-6-4-5-7-16(15)17(18)10-13-20(19,21)2/h15-19,24H,5-9,11-14H2,1-3H3;16-19,23H,5-11,13-15H2,1-3H3;5,13,15-19H,4,6-12H2,1-3H3;15-19,22H,4-11,13-14H2,1-2H3/t15-,16-,17?,18?,19?,20-,21-,22-;16-,17?,18?,19?,20+,21+,22+;13-,15+,16?,17?,18?,19+,20+,21+;15-,16+,17?,18?,19?,20+,21+/m0111/s1. The van der Waals surface area contributed by atoms with Gasteiger partial charge < -0.3 is 15.3 Å². The van der Waals surface area contributed by atoms with E-state index >= 15 is 4.39 Å². The van der Waals surface area contributed by atoms with E-state index in [9.17, 15) is 24.1 Å². The molecular weight excluding hydrogens is 1140 g/mol. The quantitative estimate of drug-likeness (QED) is 0.167. The van der Waals surface area contributed by atoms with Gasteiger partial charge in [0.25, 0.3) is 0 Å². The number of hydrogen-bond acceptors (Lipinski definition) is 3. The van der Waals surface area contributed by atoms with Crippen molar-refractivity contribution in [2.45, 2.75) is 349 Å². The third-order valence-corrected chi connectivity index (χ3v) is 35.1. The lowest BCUT2D eigenvalue weighted by Crippen LogP contribution is -2.56. The van der Waals surface area contributed by atoms with Gasteiger partial charge in [-0.05, 0) is 337 Å².